The topological polar surface area (TPSA) is 128 Å². The Labute approximate surface area is 208 Å². The van der Waals surface area contributed by atoms with Crippen LogP contribution < -0.4 is 5.32 Å². The Morgan fingerprint density at radius 1 is 1.03 bits per heavy atom. The molecule has 6 aromatic rings. The van der Waals surface area contributed by atoms with Crippen molar-refractivity contribution in [1.82, 2.24) is 35.1 Å². The van der Waals surface area contributed by atoms with Gasteiger partial charge in [0.15, 0.2) is 11.6 Å². The van der Waals surface area contributed by atoms with Crippen molar-refractivity contribution < 1.29 is 9.50 Å². The zero-order valence-electron chi connectivity index (χ0n) is 19.3. The fraction of sp³-hybridized carbons (Fsp3) is 0.160. The smallest absolute Gasteiger partial charge is 0.161 e. The number of hydrogen-bond acceptors (Lipinski definition) is 8. The summed E-state index contributed by atoms with van der Waals surface area (Å²) < 4.78 is 15.9. The molecular formula is C25H21FN8OS. The second-order valence-electron chi connectivity index (χ2n) is 8.73. The average molecular weight is 501 g/mol. The minimum atomic E-state index is -0.760. The fourth-order valence-electron chi connectivity index (χ4n) is 3.99. The molecule has 0 saturated carbocycles. The third-order valence-corrected chi connectivity index (χ3v) is 6.61. The molecule has 0 fully saturated rings. The summed E-state index contributed by atoms with van der Waals surface area (Å²) in [6.45, 7) is 3.78. The number of thiophene rings is 1. The van der Waals surface area contributed by atoms with Crippen LogP contribution in [0.25, 0.3) is 56.0 Å². The van der Waals surface area contributed by atoms with Gasteiger partial charge >= 0.3 is 0 Å². The maximum Gasteiger partial charge on any atom is 0.161 e. The Morgan fingerprint density at radius 2 is 1.92 bits per heavy atom. The van der Waals surface area contributed by atoms with Crippen molar-refractivity contribution in [2.45, 2.75) is 20.1 Å². The standard InChI is InChI=1S/C25H21FN8OS/c1-12(2)25(35)30-15-7-14(8-27-9-15)20-19(26)18-17(10-29-20)33-34-23(18)24-31-16-3-5-28-21(22(16)32-24)13-4-6-36-11-13/h3-12,25,30,35H,1-2H3,(H,31,32)(H,33,34). The number of halogens is 1. The number of nitrogens with zero attached hydrogens (tertiary/aromatic N) is 5. The lowest BCUT2D eigenvalue weighted by Gasteiger charge is -2.17. The Bertz CT molecular complexity index is 1690. The van der Waals surface area contributed by atoms with E-state index in [1.807, 2.05) is 36.7 Å². The van der Waals surface area contributed by atoms with Crippen molar-refractivity contribution in [2.24, 2.45) is 5.92 Å². The number of anilines is 1. The Balaban J connectivity index is 1.45. The van der Waals surface area contributed by atoms with Gasteiger partial charge in [-0.2, -0.15) is 16.4 Å². The molecule has 1 unspecified atom stereocenters. The van der Waals surface area contributed by atoms with Gasteiger partial charge in [-0.1, -0.05) is 13.8 Å². The van der Waals surface area contributed by atoms with E-state index in [4.69, 9.17) is 4.98 Å². The minimum absolute atomic E-state index is 0.00684. The number of imidazole rings is 1. The number of pyridine rings is 3. The van der Waals surface area contributed by atoms with Crippen LogP contribution in [0.4, 0.5) is 10.1 Å². The number of nitrogens with one attached hydrogen (secondary N) is 3. The zero-order chi connectivity index (χ0) is 24.8. The van der Waals surface area contributed by atoms with Crippen LogP contribution in [0.5, 0.6) is 0 Å². The molecule has 11 heteroatoms. The summed E-state index contributed by atoms with van der Waals surface area (Å²) in [7, 11) is 0. The molecule has 6 aromatic heterocycles. The molecule has 0 aliphatic carbocycles. The van der Waals surface area contributed by atoms with Crippen LogP contribution in [0, 0.1) is 11.7 Å². The summed E-state index contributed by atoms with van der Waals surface area (Å²) in [5.74, 6) is -0.130. The van der Waals surface area contributed by atoms with Crippen molar-refractivity contribution in [3.8, 4) is 34.0 Å². The molecule has 0 aromatic carbocycles. The maximum atomic E-state index is 15.9. The van der Waals surface area contributed by atoms with E-state index in [9.17, 15) is 5.11 Å². The molecule has 6 heterocycles. The molecule has 0 amide bonds. The lowest BCUT2D eigenvalue weighted by Crippen LogP contribution is -2.24. The molecule has 0 aliphatic rings. The lowest BCUT2D eigenvalue weighted by molar-refractivity contribution is 0.153. The first-order chi connectivity index (χ1) is 17.5. The summed E-state index contributed by atoms with van der Waals surface area (Å²) in [4.78, 5) is 21.0. The largest absolute Gasteiger partial charge is 0.374 e. The molecule has 1 atom stereocenters. The van der Waals surface area contributed by atoms with E-state index in [2.05, 4.69) is 35.5 Å². The fourth-order valence-corrected chi connectivity index (χ4v) is 4.63. The minimum Gasteiger partial charge on any atom is -0.374 e. The van der Waals surface area contributed by atoms with Crippen molar-refractivity contribution >= 4 is 39.0 Å². The molecule has 0 spiro atoms. The van der Waals surface area contributed by atoms with Crippen LogP contribution in [0.1, 0.15) is 13.8 Å². The van der Waals surface area contributed by atoms with E-state index in [1.165, 1.54) is 12.4 Å². The van der Waals surface area contributed by atoms with E-state index in [-0.39, 0.29) is 17.0 Å². The van der Waals surface area contributed by atoms with Gasteiger partial charge in [0.1, 0.15) is 23.1 Å². The molecule has 4 N–H and O–H groups in total. The van der Waals surface area contributed by atoms with Gasteiger partial charge in [-0.15, -0.1) is 0 Å². The monoisotopic (exact) mass is 500 g/mol. The number of rotatable bonds is 6. The molecule has 0 bridgehead atoms. The highest BCUT2D eigenvalue weighted by molar-refractivity contribution is 7.08. The number of aliphatic hydroxyl groups excluding tert-OH is 1. The van der Waals surface area contributed by atoms with Crippen LogP contribution in [-0.2, 0) is 0 Å². The van der Waals surface area contributed by atoms with Gasteiger partial charge in [0.2, 0.25) is 0 Å². The highest BCUT2D eigenvalue weighted by Crippen LogP contribution is 2.34. The summed E-state index contributed by atoms with van der Waals surface area (Å²) in [5.41, 5.74) is 5.12. The molecule has 6 rings (SSSR count). The molecule has 0 radical (unpaired) electrons. The van der Waals surface area contributed by atoms with Crippen molar-refractivity contribution in [1.29, 1.82) is 0 Å². The highest BCUT2D eigenvalue weighted by atomic mass is 32.1. The van der Waals surface area contributed by atoms with Gasteiger partial charge in [-0.25, -0.2) is 9.37 Å². The normalized spacial score (nSPS) is 12.6. The van der Waals surface area contributed by atoms with Gasteiger partial charge < -0.3 is 15.4 Å². The van der Waals surface area contributed by atoms with Crippen LogP contribution in [0.2, 0.25) is 0 Å². The van der Waals surface area contributed by atoms with Gasteiger partial charge in [0.25, 0.3) is 0 Å². The van der Waals surface area contributed by atoms with E-state index >= 15 is 4.39 Å². The van der Waals surface area contributed by atoms with Gasteiger partial charge in [-0.3, -0.25) is 20.1 Å². The second kappa shape index (κ2) is 8.77. The molecule has 0 saturated heterocycles. The summed E-state index contributed by atoms with van der Waals surface area (Å²) in [6.07, 6.45) is 5.59. The zero-order valence-corrected chi connectivity index (χ0v) is 20.1. The number of aromatic nitrogens is 7. The summed E-state index contributed by atoms with van der Waals surface area (Å²) in [5, 5.41) is 24.6. The molecule has 180 valence electrons. The third-order valence-electron chi connectivity index (χ3n) is 5.92. The van der Waals surface area contributed by atoms with Crippen LogP contribution >= 0.6 is 11.3 Å². The van der Waals surface area contributed by atoms with Crippen LogP contribution in [0.3, 0.4) is 0 Å². The molecule has 9 nitrogen and oxygen atoms in total. The van der Waals surface area contributed by atoms with Crippen LogP contribution in [-0.4, -0.2) is 46.5 Å². The van der Waals surface area contributed by atoms with Gasteiger partial charge in [-0.05, 0) is 29.5 Å². The summed E-state index contributed by atoms with van der Waals surface area (Å²) >= 11 is 1.58. The van der Waals surface area contributed by atoms with Crippen molar-refractivity contribution in [3.63, 3.8) is 0 Å². The number of aromatic amines is 2. The Kier molecular flexibility index (Phi) is 5.42. The molecular weight excluding hydrogens is 479 g/mol. The van der Waals surface area contributed by atoms with Gasteiger partial charge in [0.05, 0.1) is 40.2 Å². The lowest BCUT2D eigenvalue weighted by atomic mass is 10.1. The second-order valence-corrected chi connectivity index (χ2v) is 9.51. The first-order valence-corrected chi connectivity index (χ1v) is 12.2. The first kappa shape index (κ1) is 22.3. The quantitative estimate of drug-likeness (QED) is 0.231. The average Bonchev–Trinajstić information content (AvgIpc) is 3.63. The van der Waals surface area contributed by atoms with Gasteiger partial charge in [0, 0.05) is 28.9 Å². The van der Waals surface area contributed by atoms with Crippen LogP contribution in [0.15, 0.2) is 53.7 Å². The van der Waals surface area contributed by atoms with Crippen molar-refractivity contribution in [3.05, 3.63) is 59.6 Å². The number of fused-ring (bicyclic) bond motifs is 2. The predicted octanol–water partition coefficient (Wildman–Crippen LogP) is 5.21. The SMILES string of the molecule is CC(C)C(O)Nc1cncc(-c2ncc3[nH]nc(-c4nc5c(-c6ccsc6)nccc5[nH]4)c3c2F)c1. The Hall–Kier alpha value is -4.22. The predicted molar refractivity (Wildman–Crippen MR) is 138 cm³/mol. The molecule has 0 aliphatic heterocycles. The first-order valence-electron chi connectivity index (χ1n) is 11.3. The number of aliphatic hydroxyl groups is 1. The summed E-state index contributed by atoms with van der Waals surface area (Å²) in [6, 6.07) is 5.52. The molecule has 36 heavy (non-hydrogen) atoms. The Morgan fingerprint density at radius 3 is 2.72 bits per heavy atom. The van der Waals surface area contributed by atoms with E-state index in [0.29, 0.717) is 33.8 Å². The van der Waals surface area contributed by atoms with E-state index in [0.717, 1.165) is 16.8 Å². The number of hydrogen-bond donors (Lipinski definition) is 4. The van der Waals surface area contributed by atoms with E-state index in [1.54, 1.807) is 29.8 Å². The van der Waals surface area contributed by atoms with E-state index < -0.39 is 12.0 Å². The maximum absolute atomic E-state index is 15.9. The van der Waals surface area contributed by atoms with Crippen molar-refractivity contribution in [2.75, 3.05) is 5.32 Å². The highest BCUT2D eigenvalue weighted by Gasteiger charge is 2.22. The third kappa shape index (κ3) is 3.78. The number of H-pyrrole nitrogens is 2.